The molecular formula is C42H48F2N6O5S3. The van der Waals surface area contributed by atoms with Gasteiger partial charge in [0.25, 0.3) is 0 Å². The molecule has 11 nitrogen and oxygen atoms in total. The number of carbonyl (C=O) groups excluding carboxylic acids is 2. The Morgan fingerprint density at radius 3 is 1.98 bits per heavy atom. The minimum absolute atomic E-state index is 0.0400. The molecule has 2 aliphatic rings. The van der Waals surface area contributed by atoms with Gasteiger partial charge in [-0.25, -0.2) is 27.2 Å². The molecule has 1 atom stereocenters. The quantitative estimate of drug-likeness (QED) is 0.0861. The van der Waals surface area contributed by atoms with Crippen LogP contribution < -0.4 is 26.8 Å². The number of rotatable bonds is 13. The number of ether oxygens (including phenoxy) is 1. The molecule has 58 heavy (non-hydrogen) atoms. The Balaban J connectivity index is 0.000000213. The molecule has 7 rings (SSSR count). The number of benzene rings is 3. The van der Waals surface area contributed by atoms with E-state index in [0.717, 1.165) is 94.6 Å². The Bertz CT molecular complexity index is 2380. The van der Waals surface area contributed by atoms with Gasteiger partial charge in [-0.3, -0.25) is 9.59 Å². The molecule has 5 aromatic rings. The summed E-state index contributed by atoms with van der Waals surface area (Å²) in [5, 5.41) is 6.62. The zero-order valence-electron chi connectivity index (χ0n) is 32.5. The number of anilines is 2. The van der Waals surface area contributed by atoms with Crippen LogP contribution in [0.3, 0.4) is 0 Å². The number of unbranched alkanes of at least 4 members (excludes halogenated alkanes) is 1. The van der Waals surface area contributed by atoms with Crippen LogP contribution in [0, 0.1) is 18.6 Å². The van der Waals surface area contributed by atoms with Crippen molar-refractivity contribution >= 4 is 54.6 Å². The van der Waals surface area contributed by atoms with Crippen molar-refractivity contribution in [3.63, 3.8) is 0 Å². The Morgan fingerprint density at radius 2 is 1.41 bits per heavy atom. The van der Waals surface area contributed by atoms with Crippen molar-refractivity contribution in [2.45, 2.75) is 88.5 Å². The first-order valence-electron chi connectivity index (χ1n) is 19.4. The van der Waals surface area contributed by atoms with Crippen LogP contribution in [0.4, 0.5) is 19.0 Å². The Kier molecular flexibility index (Phi) is 14.4. The lowest BCUT2D eigenvalue weighted by molar-refractivity contribution is -0.117. The zero-order chi connectivity index (χ0) is 41.4. The number of hydrogen-bond donors (Lipinski definition) is 4. The highest BCUT2D eigenvalue weighted by atomic mass is 32.2. The van der Waals surface area contributed by atoms with Crippen LogP contribution in [0.15, 0.2) is 59.5 Å². The summed E-state index contributed by atoms with van der Waals surface area (Å²) in [4.78, 5) is 36.0. The Morgan fingerprint density at radius 1 is 0.828 bits per heavy atom. The number of nitrogens with zero attached hydrogens (tertiary/aromatic N) is 2. The highest BCUT2D eigenvalue weighted by Crippen LogP contribution is 2.39. The molecule has 2 aliphatic carbocycles. The fourth-order valence-electron chi connectivity index (χ4n) is 6.99. The molecule has 0 fully saturated rings. The molecule has 2 heterocycles. The molecule has 0 bridgehead atoms. The summed E-state index contributed by atoms with van der Waals surface area (Å²) in [7, 11) is -2.17. The maximum absolute atomic E-state index is 13.9. The minimum Gasteiger partial charge on any atom is -0.495 e. The standard InChI is InChI=1S/C25H28FN3O4S2.C17H20FN3OS/c1-15-8-11-20(33-2)22(13-15)35(31,32)12-4-6-19(27)24(30)29-25-28-23-18-14-17(26)10-9-16(18)5-3-7-21(23)34-25;18-12-8-7-11-4-3-5-14-16(13(11)10-12)21-17(23-14)20-15(22)6-1-2-9-19/h8-11,13-14,19H,3-7,12,27H2,1-2H3,(H,28,29,30);7-8,10H,1-6,9,19H2,(H,20,21,22). The number of fused-ring (bicyclic) bond motifs is 6. The highest BCUT2D eigenvalue weighted by Gasteiger charge is 2.25. The van der Waals surface area contributed by atoms with Gasteiger partial charge in [0.2, 0.25) is 11.8 Å². The fraction of sp³-hybridized carbons (Fsp3) is 0.381. The number of aromatic nitrogens is 2. The number of nitrogens with one attached hydrogen (secondary N) is 2. The van der Waals surface area contributed by atoms with Crippen LogP contribution in [-0.2, 0) is 45.1 Å². The molecule has 0 radical (unpaired) electrons. The van der Waals surface area contributed by atoms with Crippen LogP contribution >= 0.6 is 22.7 Å². The van der Waals surface area contributed by atoms with E-state index in [-0.39, 0.29) is 41.0 Å². The number of sulfone groups is 1. The predicted octanol–water partition coefficient (Wildman–Crippen LogP) is 7.78. The summed E-state index contributed by atoms with van der Waals surface area (Å²) < 4.78 is 58.3. The number of methoxy groups -OCH3 is 1. The van der Waals surface area contributed by atoms with Gasteiger partial charge in [0.1, 0.15) is 22.3 Å². The highest BCUT2D eigenvalue weighted by molar-refractivity contribution is 7.91. The second-order valence-corrected chi connectivity index (χ2v) is 18.6. The number of nitrogens with two attached hydrogens (primary N) is 2. The number of aryl methyl sites for hydroxylation is 5. The van der Waals surface area contributed by atoms with Gasteiger partial charge in [0.15, 0.2) is 20.1 Å². The monoisotopic (exact) mass is 850 g/mol. The molecule has 0 saturated carbocycles. The van der Waals surface area contributed by atoms with Crippen LogP contribution in [0.1, 0.15) is 71.4 Å². The van der Waals surface area contributed by atoms with Gasteiger partial charge in [0, 0.05) is 27.3 Å². The minimum atomic E-state index is -3.60. The van der Waals surface area contributed by atoms with E-state index >= 15 is 0 Å². The number of amides is 2. The van der Waals surface area contributed by atoms with Crippen molar-refractivity contribution in [3.8, 4) is 28.3 Å². The first kappa shape index (κ1) is 43.0. The van der Waals surface area contributed by atoms with Crippen LogP contribution in [0.2, 0.25) is 0 Å². The summed E-state index contributed by atoms with van der Waals surface area (Å²) in [6.07, 6.45) is 7.90. The first-order valence-corrected chi connectivity index (χ1v) is 22.6. The molecule has 0 spiro atoms. The second-order valence-electron chi connectivity index (χ2n) is 14.4. The fourth-order valence-corrected chi connectivity index (χ4v) is 10.6. The topological polar surface area (TPSA) is 179 Å². The third kappa shape index (κ3) is 10.7. The molecule has 2 amide bonds. The van der Waals surface area contributed by atoms with Gasteiger partial charge < -0.3 is 26.8 Å². The molecule has 0 saturated heterocycles. The maximum Gasteiger partial charge on any atom is 0.243 e. The predicted molar refractivity (Wildman–Crippen MR) is 226 cm³/mol. The van der Waals surface area contributed by atoms with Crippen molar-refractivity contribution in [2.24, 2.45) is 11.5 Å². The van der Waals surface area contributed by atoms with E-state index in [2.05, 4.69) is 20.6 Å². The lowest BCUT2D eigenvalue weighted by Crippen LogP contribution is -2.35. The van der Waals surface area contributed by atoms with Crippen molar-refractivity contribution < 1.29 is 31.5 Å². The van der Waals surface area contributed by atoms with Gasteiger partial charge in [-0.15, -0.1) is 22.7 Å². The summed E-state index contributed by atoms with van der Waals surface area (Å²) >= 11 is 2.86. The average molecular weight is 851 g/mol. The number of carbonyl (C=O) groups is 2. The third-order valence-electron chi connectivity index (χ3n) is 10.0. The number of thiazole rings is 2. The number of hydrogen-bond acceptors (Lipinski definition) is 11. The van der Waals surface area contributed by atoms with Crippen LogP contribution in [0.25, 0.3) is 22.5 Å². The van der Waals surface area contributed by atoms with E-state index in [1.165, 1.54) is 48.0 Å². The van der Waals surface area contributed by atoms with Gasteiger partial charge in [-0.05, 0) is 131 Å². The van der Waals surface area contributed by atoms with E-state index in [0.29, 0.717) is 34.7 Å². The molecular weight excluding hydrogens is 803 g/mol. The Hall–Kier alpha value is -4.61. The van der Waals surface area contributed by atoms with Crippen molar-refractivity contribution in [2.75, 3.05) is 30.0 Å². The van der Waals surface area contributed by atoms with E-state index in [9.17, 15) is 26.8 Å². The smallest absolute Gasteiger partial charge is 0.243 e. The van der Waals surface area contributed by atoms with Crippen molar-refractivity contribution in [3.05, 3.63) is 92.7 Å². The van der Waals surface area contributed by atoms with E-state index in [4.69, 9.17) is 16.2 Å². The molecule has 6 N–H and O–H groups in total. The van der Waals surface area contributed by atoms with E-state index in [1.54, 1.807) is 30.3 Å². The molecule has 16 heteroatoms. The molecule has 0 aliphatic heterocycles. The third-order valence-corrected chi connectivity index (χ3v) is 13.9. The summed E-state index contributed by atoms with van der Waals surface area (Å²) in [6.45, 7) is 2.41. The summed E-state index contributed by atoms with van der Waals surface area (Å²) in [5.41, 5.74) is 17.6. The SMILES string of the molecule is COc1ccc(C)cc1S(=O)(=O)CCCC(N)C(=O)Nc1nc2c(s1)CCCc1ccc(F)cc1-2.NCCCCC(=O)Nc1nc2c(s1)CCCc1ccc(F)cc1-2. The van der Waals surface area contributed by atoms with Gasteiger partial charge >= 0.3 is 0 Å². The van der Waals surface area contributed by atoms with Crippen molar-refractivity contribution in [1.82, 2.24) is 9.97 Å². The lowest BCUT2D eigenvalue weighted by atomic mass is 10.0. The summed E-state index contributed by atoms with van der Waals surface area (Å²) in [5.74, 6) is -0.905. The lowest BCUT2D eigenvalue weighted by Gasteiger charge is -2.13. The average Bonchev–Trinajstić information content (AvgIpc) is 3.69. The van der Waals surface area contributed by atoms with E-state index in [1.807, 2.05) is 13.0 Å². The Labute approximate surface area is 345 Å². The van der Waals surface area contributed by atoms with Gasteiger partial charge in [0.05, 0.1) is 30.3 Å². The van der Waals surface area contributed by atoms with Gasteiger partial charge in [-0.1, -0.05) is 18.2 Å². The second kappa shape index (κ2) is 19.4. The first-order chi connectivity index (χ1) is 27.8. The maximum atomic E-state index is 13.9. The van der Waals surface area contributed by atoms with Crippen LogP contribution in [0.5, 0.6) is 5.75 Å². The zero-order valence-corrected chi connectivity index (χ0v) is 35.0. The molecule has 1 unspecified atom stereocenters. The normalized spacial score (nSPS) is 13.6. The number of halogens is 2. The largest absolute Gasteiger partial charge is 0.495 e. The molecule has 308 valence electrons. The summed E-state index contributed by atoms with van der Waals surface area (Å²) in [6, 6.07) is 13.7. The van der Waals surface area contributed by atoms with Crippen LogP contribution in [-0.4, -0.2) is 55.6 Å². The molecule has 3 aromatic carbocycles. The van der Waals surface area contributed by atoms with E-state index < -0.39 is 21.8 Å². The van der Waals surface area contributed by atoms with Gasteiger partial charge in [-0.2, -0.15) is 0 Å². The molecule has 2 aromatic heterocycles. The van der Waals surface area contributed by atoms with Crippen molar-refractivity contribution in [1.29, 1.82) is 0 Å².